The molecule has 0 spiro atoms. The molecule has 0 aliphatic heterocycles. The summed E-state index contributed by atoms with van der Waals surface area (Å²) >= 11 is 0. The van der Waals surface area contributed by atoms with Gasteiger partial charge in [-0.25, -0.2) is 0 Å². The summed E-state index contributed by atoms with van der Waals surface area (Å²) < 4.78 is 0. The lowest BCUT2D eigenvalue weighted by Crippen LogP contribution is -2.51. The van der Waals surface area contributed by atoms with Gasteiger partial charge in [-0.15, -0.1) is 0 Å². The van der Waals surface area contributed by atoms with Gasteiger partial charge in [-0.3, -0.25) is 4.90 Å². The summed E-state index contributed by atoms with van der Waals surface area (Å²) in [4.78, 5) is 2.80. The topological polar surface area (TPSA) is 15.3 Å². The molecule has 2 unspecified atom stereocenters. The van der Waals surface area contributed by atoms with E-state index in [9.17, 15) is 0 Å². The molecule has 2 nitrogen and oxygen atoms in total. The minimum absolute atomic E-state index is 0.703. The van der Waals surface area contributed by atoms with Gasteiger partial charge in [0.1, 0.15) is 0 Å². The van der Waals surface area contributed by atoms with Crippen molar-refractivity contribution in [2.75, 3.05) is 13.6 Å². The van der Waals surface area contributed by atoms with Gasteiger partial charge >= 0.3 is 0 Å². The van der Waals surface area contributed by atoms with Crippen LogP contribution in [-0.4, -0.2) is 36.6 Å². The van der Waals surface area contributed by atoms with Crippen LogP contribution in [0.25, 0.3) is 0 Å². The highest BCUT2D eigenvalue weighted by Gasteiger charge is 2.33. The van der Waals surface area contributed by atoms with Crippen molar-refractivity contribution in [2.45, 2.75) is 76.9 Å². The van der Waals surface area contributed by atoms with Gasteiger partial charge in [0.05, 0.1) is 0 Å². The fraction of sp³-hybridized carbons (Fsp3) is 1.00. The molecule has 17 heavy (non-hydrogen) atoms. The molecule has 2 heteroatoms. The molecular formula is C15H30N2. The molecule has 2 aliphatic rings. The second-order valence-corrected chi connectivity index (χ2v) is 6.33. The molecular weight excluding hydrogens is 208 g/mol. The zero-order chi connectivity index (χ0) is 12.3. The highest BCUT2D eigenvalue weighted by atomic mass is 15.2. The molecule has 0 aromatic carbocycles. The molecule has 0 bridgehead atoms. The first-order chi connectivity index (χ1) is 8.22. The lowest BCUT2D eigenvalue weighted by atomic mass is 9.99. The maximum absolute atomic E-state index is 3.58. The van der Waals surface area contributed by atoms with Crippen molar-refractivity contribution in [1.82, 2.24) is 10.2 Å². The van der Waals surface area contributed by atoms with Crippen molar-refractivity contribution in [3.63, 3.8) is 0 Å². The SMILES string of the molecule is CNC1CCCCCC1N(CC1CC1)C(C)C. The Morgan fingerprint density at radius 3 is 2.35 bits per heavy atom. The smallest absolute Gasteiger partial charge is 0.0252 e. The Labute approximate surface area is 107 Å². The number of likely N-dealkylation sites (N-methyl/N-ethyl adjacent to an activating group) is 1. The zero-order valence-electron chi connectivity index (χ0n) is 11.9. The standard InChI is InChI=1S/C15H30N2/c1-12(2)17(11-13-9-10-13)15-8-6-4-5-7-14(15)16-3/h12-16H,4-11H2,1-3H3. The molecule has 2 rings (SSSR count). The minimum Gasteiger partial charge on any atom is -0.315 e. The van der Waals surface area contributed by atoms with E-state index in [1.54, 1.807) is 0 Å². The second kappa shape index (κ2) is 6.19. The molecule has 0 aromatic heterocycles. The van der Waals surface area contributed by atoms with Gasteiger partial charge in [0, 0.05) is 24.7 Å². The molecule has 2 atom stereocenters. The van der Waals surface area contributed by atoms with E-state index in [1.165, 1.54) is 51.5 Å². The van der Waals surface area contributed by atoms with Crippen LogP contribution in [0.4, 0.5) is 0 Å². The number of nitrogens with zero attached hydrogens (tertiary/aromatic N) is 1. The van der Waals surface area contributed by atoms with E-state index < -0.39 is 0 Å². The van der Waals surface area contributed by atoms with Gasteiger partial charge in [0.2, 0.25) is 0 Å². The quantitative estimate of drug-likeness (QED) is 0.741. The molecule has 0 aromatic rings. The summed E-state index contributed by atoms with van der Waals surface area (Å²) in [6, 6.07) is 2.20. The summed E-state index contributed by atoms with van der Waals surface area (Å²) in [5.41, 5.74) is 0. The Bertz CT molecular complexity index is 223. The van der Waals surface area contributed by atoms with Crippen LogP contribution in [0.3, 0.4) is 0 Å². The number of rotatable bonds is 5. The van der Waals surface area contributed by atoms with E-state index in [0.29, 0.717) is 6.04 Å². The Balaban J connectivity index is 2.01. The highest BCUT2D eigenvalue weighted by Crippen LogP contribution is 2.33. The third kappa shape index (κ3) is 3.69. The molecule has 0 heterocycles. The Morgan fingerprint density at radius 2 is 1.76 bits per heavy atom. The van der Waals surface area contributed by atoms with Crippen molar-refractivity contribution in [3.05, 3.63) is 0 Å². The monoisotopic (exact) mass is 238 g/mol. The fourth-order valence-corrected chi connectivity index (χ4v) is 3.35. The van der Waals surface area contributed by atoms with Crippen LogP contribution in [0, 0.1) is 5.92 Å². The lowest BCUT2D eigenvalue weighted by Gasteiger charge is -2.39. The number of hydrogen-bond donors (Lipinski definition) is 1. The van der Waals surface area contributed by atoms with E-state index >= 15 is 0 Å². The summed E-state index contributed by atoms with van der Waals surface area (Å²) in [5.74, 6) is 1.01. The fourth-order valence-electron chi connectivity index (χ4n) is 3.35. The van der Waals surface area contributed by atoms with E-state index in [0.717, 1.165) is 18.0 Å². The first kappa shape index (κ1) is 13.4. The summed E-state index contributed by atoms with van der Waals surface area (Å²) in [6.45, 7) is 6.10. The molecule has 2 aliphatic carbocycles. The molecule has 0 radical (unpaired) electrons. The largest absolute Gasteiger partial charge is 0.315 e. The van der Waals surface area contributed by atoms with Crippen LogP contribution in [0.2, 0.25) is 0 Å². The van der Waals surface area contributed by atoms with Crippen molar-refractivity contribution in [3.8, 4) is 0 Å². The van der Waals surface area contributed by atoms with Crippen LogP contribution in [0.1, 0.15) is 58.8 Å². The van der Waals surface area contributed by atoms with Crippen molar-refractivity contribution in [1.29, 1.82) is 0 Å². The third-order valence-corrected chi connectivity index (χ3v) is 4.61. The predicted molar refractivity (Wildman–Crippen MR) is 74.3 cm³/mol. The van der Waals surface area contributed by atoms with Gasteiger partial charge in [0.15, 0.2) is 0 Å². The molecule has 0 saturated heterocycles. The molecule has 100 valence electrons. The molecule has 1 N–H and O–H groups in total. The van der Waals surface area contributed by atoms with E-state index in [2.05, 4.69) is 31.1 Å². The van der Waals surface area contributed by atoms with E-state index in [1.807, 2.05) is 0 Å². The van der Waals surface area contributed by atoms with Gasteiger partial charge in [-0.1, -0.05) is 19.3 Å². The first-order valence-electron chi connectivity index (χ1n) is 7.65. The van der Waals surface area contributed by atoms with E-state index in [4.69, 9.17) is 0 Å². The van der Waals surface area contributed by atoms with Crippen LogP contribution < -0.4 is 5.32 Å². The maximum atomic E-state index is 3.58. The van der Waals surface area contributed by atoms with Gasteiger partial charge in [-0.05, 0) is 52.5 Å². The summed E-state index contributed by atoms with van der Waals surface area (Å²) in [6.07, 6.45) is 9.99. The van der Waals surface area contributed by atoms with Crippen molar-refractivity contribution < 1.29 is 0 Å². The molecule has 0 amide bonds. The third-order valence-electron chi connectivity index (χ3n) is 4.61. The average Bonchev–Trinajstić information content (AvgIpc) is 3.12. The van der Waals surface area contributed by atoms with Crippen LogP contribution in [0.15, 0.2) is 0 Å². The maximum Gasteiger partial charge on any atom is 0.0252 e. The average molecular weight is 238 g/mol. The van der Waals surface area contributed by atoms with Crippen molar-refractivity contribution in [2.24, 2.45) is 5.92 Å². The van der Waals surface area contributed by atoms with Crippen molar-refractivity contribution >= 4 is 0 Å². The van der Waals surface area contributed by atoms with E-state index in [-0.39, 0.29) is 0 Å². The van der Waals surface area contributed by atoms with Crippen LogP contribution in [0.5, 0.6) is 0 Å². The first-order valence-corrected chi connectivity index (χ1v) is 7.65. The zero-order valence-corrected chi connectivity index (χ0v) is 11.9. The second-order valence-electron chi connectivity index (χ2n) is 6.33. The highest BCUT2D eigenvalue weighted by molar-refractivity contribution is 4.90. The van der Waals surface area contributed by atoms with Gasteiger partial charge in [-0.2, -0.15) is 0 Å². The Morgan fingerprint density at radius 1 is 1.06 bits per heavy atom. The Hall–Kier alpha value is -0.0800. The number of hydrogen-bond acceptors (Lipinski definition) is 2. The lowest BCUT2D eigenvalue weighted by molar-refractivity contribution is 0.110. The Kier molecular flexibility index (Phi) is 4.87. The van der Waals surface area contributed by atoms with Gasteiger partial charge in [0.25, 0.3) is 0 Å². The molecule has 2 saturated carbocycles. The minimum atomic E-state index is 0.703. The molecule has 2 fully saturated rings. The summed E-state index contributed by atoms with van der Waals surface area (Å²) in [5, 5.41) is 3.58. The van der Waals surface area contributed by atoms with Gasteiger partial charge < -0.3 is 5.32 Å². The predicted octanol–water partition coefficient (Wildman–Crippen LogP) is 3.03. The van der Waals surface area contributed by atoms with Crippen LogP contribution >= 0.6 is 0 Å². The van der Waals surface area contributed by atoms with Crippen LogP contribution in [-0.2, 0) is 0 Å². The number of nitrogens with one attached hydrogen (secondary N) is 1. The normalized spacial score (nSPS) is 30.9. The summed E-state index contributed by atoms with van der Waals surface area (Å²) in [7, 11) is 2.15.